The number of piperazine rings is 1. The summed E-state index contributed by atoms with van der Waals surface area (Å²) in [6.45, 7) is 3.51. The number of anilines is 1. The molecule has 1 fully saturated rings. The molecule has 1 saturated heterocycles. The highest BCUT2D eigenvalue weighted by Gasteiger charge is 2.33. The Kier molecular flexibility index (Phi) is 4.95. The van der Waals surface area contributed by atoms with E-state index < -0.39 is 0 Å². The molecule has 0 unspecified atom stereocenters. The molecule has 8 nitrogen and oxygen atoms in total. The van der Waals surface area contributed by atoms with Crippen LogP contribution in [-0.4, -0.2) is 41.6 Å². The zero-order valence-electron chi connectivity index (χ0n) is 18.8. The maximum absolute atomic E-state index is 13.3. The van der Waals surface area contributed by atoms with Crippen LogP contribution >= 0.6 is 0 Å². The molecule has 2 aliphatic heterocycles. The molecule has 0 bridgehead atoms. The van der Waals surface area contributed by atoms with E-state index in [4.69, 9.17) is 15.0 Å². The van der Waals surface area contributed by atoms with Gasteiger partial charge in [0.2, 0.25) is 0 Å². The summed E-state index contributed by atoms with van der Waals surface area (Å²) in [4.78, 5) is 20.4. The summed E-state index contributed by atoms with van der Waals surface area (Å²) in [5, 5.41) is 23.0. The number of benzene rings is 2. The third-order valence-electron chi connectivity index (χ3n) is 6.52. The number of pyridine rings is 1. The van der Waals surface area contributed by atoms with Crippen LogP contribution in [0, 0.1) is 22.7 Å². The van der Waals surface area contributed by atoms with Crippen molar-refractivity contribution in [3.8, 4) is 29.3 Å². The van der Waals surface area contributed by atoms with E-state index in [0.717, 1.165) is 43.1 Å². The van der Waals surface area contributed by atoms with Crippen LogP contribution in [0.5, 0.6) is 5.75 Å². The molecule has 170 valence electrons. The second-order valence-electron chi connectivity index (χ2n) is 8.57. The van der Waals surface area contributed by atoms with E-state index in [-0.39, 0.29) is 12.5 Å². The van der Waals surface area contributed by atoms with Crippen molar-refractivity contribution in [3.63, 3.8) is 0 Å². The van der Waals surface area contributed by atoms with Gasteiger partial charge < -0.3 is 15.0 Å². The molecule has 0 spiro atoms. The number of hydrogen-bond donors (Lipinski definition) is 1. The Balaban J connectivity index is 1.51. The van der Waals surface area contributed by atoms with Gasteiger partial charge in [-0.05, 0) is 42.0 Å². The van der Waals surface area contributed by atoms with Gasteiger partial charge >= 0.3 is 0 Å². The van der Waals surface area contributed by atoms with Crippen LogP contribution in [0.4, 0.5) is 5.69 Å². The standard InChI is InChI=1S/C27H20N6O2/c28-14-17-3-5-18(6-4-17)16-35-26-20-12-19(15-29)23(32-10-7-30-8-11-32)13-21(20)31-25-22-2-1-9-33(22)27(34)24(25)26/h1-6,9,12-13,30H,7-8,10-11,16H2. The summed E-state index contributed by atoms with van der Waals surface area (Å²) in [5.41, 5.74) is 5.18. The van der Waals surface area contributed by atoms with E-state index in [9.17, 15) is 10.1 Å². The number of nitrogens with one attached hydrogen (secondary N) is 1. The van der Waals surface area contributed by atoms with Gasteiger partial charge in [-0.1, -0.05) is 12.1 Å². The van der Waals surface area contributed by atoms with Crippen LogP contribution in [0.2, 0.25) is 0 Å². The van der Waals surface area contributed by atoms with Gasteiger partial charge in [0.25, 0.3) is 5.91 Å². The number of aromatic nitrogens is 2. The Morgan fingerprint density at radius 1 is 1.06 bits per heavy atom. The fourth-order valence-electron chi connectivity index (χ4n) is 4.76. The third-order valence-corrected chi connectivity index (χ3v) is 6.52. The molecule has 1 N–H and O–H groups in total. The second-order valence-corrected chi connectivity index (χ2v) is 8.57. The molecular weight excluding hydrogens is 440 g/mol. The normalized spacial score (nSPS) is 14.3. The van der Waals surface area contributed by atoms with Gasteiger partial charge in [0.05, 0.1) is 34.1 Å². The molecule has 2 aromatic carbocycles. The molecular formula is C27H20N6O2. The van der Waals surface area contributed by atoms with Crippen LogP contribution < -0.4 is 15.0 Å². The molecule has 4 aromatic rings. The predicted octanol–water partition coefficient (Wildman–Crippen LogP) is 3.44. The average molecular weight is 460 g/mol. The Labute approximate surface area is 201 Å². The summed E-state index contributed by atoms with van der Waals surface area (Å²) < 4.78 is 7.86. The first kappa shape index (κ1) is 20.9. The van der Waals surface area contributed by atoms with Gasteiger partial charge in [0, 0.05) is 37.8 Å². The summed E-state index contributed by atoms with van der Waals surface area (Å²) in [6.07, 6.45) is 1.72. The predicted molar refractivity (Wildman–Crippen MR) is 130 cm³/mol. The van der Waals surface area contributed by atoms with Crippen molar-refractivity contribution in [1.82, 2.24) is 14.9 Å². The molecule has 0 amide bonds. The molecule has 0 radical (unpaired) electrons. The van der Waals surface area contributed by atoms with Crippen LogP contribution in [0.3, 0.4) is 0 Å². The second kappa shape index (κ2) is 8.28. The van der Waals surface area contributed by atoms with Gasteiger partial charge in [0.1, 0.15) is 29.7 Å². The number of ether oxygens (including phenoxy) is 1. The smallest absolute Gasteiger partial charge is 0.268 e. The van der Waals surface area contributed by atoms with E-state index in [1.807, 2.05) is 30.3 Å². The van der Waals surface area contributed by atoms with Gasteiger partial charge in [-0.25, -0.2) is 4.98 Å². The van der Waals surface area contributed by atoms with Gasteiger partial charge in [-0.15, -0.1) is 0 Å². The lowest BCUT2D eigenvalue weighted by Gasteiger charge is -2.30. The molecule has 2 aliphatic rings. The molecule has 4 heterocycles. The maximum Gasteiger partial charge on any atom is 0.268 e. The van der Waals surface area contributed by atoms with Crippen molar-refractivity contribution in [2.24, 2.45) is 0 Å². The lowest BCUT2D eigenvalue weighted by atomic mass is 10.0. The van der Waals surface area contributed by atoms with Crippen LogP contribution in [0.1, 0.15) is 27.0 Å². The van der Waals surface area contributed by atoms with Crippen molar-refractivity contribution >= 4 is 22.5 Å². The monoisotopic (exact) mass is 460 g/mol. The number of fused-ring (bicyclic) bond motifs is 4. The summed E-state index contributed by atoms with van der Waals surface area (Å²) in [7, 11) is 0. The Morgan fingerprint density at radius 2 is 1.86 bits per heavy atom. The Hall–Kier alpha value is -4.66. The largest absolute Gasteiger partial charge is 0.487 e. The van der Waals surface area contributed by atoms with E-state index in [1.54, 1.807) is 29.0 Å². The SMILES string of the molecule is N#Cc1ccc(COc2c3c(nc4cc(N5CCNCC5)c(C#N)cc24)-c2cccn2C3=O)cc1. The van der Waals surface area contributed by atoms with Crippen LogP contribution in [0.25, 0.3) is 22.3 Å². The van der Waals surface area contributed by atoms with Gasteiger partial charge in [-0.2, -0.15) is 10.5 Å². The zero-order valence-corrected chi connectivity index (χ0v) is 18.8. The topological polar surface area (TPSA) is 107 Å². The first-order valence-corrected chi connectivity index (χ1v) is 11.4. The lowest BCUT2D eigenvalue weighted by Crippen LogP contribution is -2.43. The Morgan fingerprint density at radius 3 is 2.60 bits per heavy atom. The molecule has 2 aromatic heterocycles. The summed E-state index contributed by atoms with van der Waals surface area (Å²) in [6, 6.07) is 19.0. The first-order chi connectivity index (χ1) is 17.2. The minimum Gasteiger partial charge on any atom is -0.487 e. The van der Waals surface area contributed by atoms with Crippen LogP contribution in [0.15, 0.2) is 54.7 Å². The van der Waals surface area contributed by atoms with Crippen molar-refractivity contribution in [3.05, 3.63) is 77.0 Å². The van der Waals surface area contributed by atoms with Crippen molar-refractivity contribution in [1.29, 1.82) is 10.5 Å². The third kappa shape index (κ3) is 3.40. The fraction of sp³-hybridized carbons (Fsp3) is 0.185. The van der Waals surface area contributed by atoms with Crippen molar-refractivity contribution in [2.45, 2.75) is 6.61 Å². The fourth-order valence-corrected chi connectivity index (χ4v) is 4.76. The van der Waals surface area contributed by atoms with E-state index in [1.165, 1.54) is 0 Å². The highest BCUT2D eigenvalue weighted by Crippen LogP contribution is 2.42. The van der Waals surface area contributed by atoms with E-state index in [2.05, 4.69) is 22.4 Å². The maximum atomic E-state index is 13.3. The average Bonchev–Trinajstić information content (AvgIpc) is 3.49. The number of nitriles is 2. The summed E-state index contributed by atoms with van der Waals surface area (Å²) >= 11 is 0. The van der Waals surface area contributed by atoms with Crippen molar-refractivity contribution in [2.75, 3.05) is 31.1 Å². The molecule has 6 rings (SSSR count). The molecule has 0 aliphatic carbocycles. The van der Waals surface area contributed by atoms with Gasteiger partial charge in [0.15, 0.2) is 0 Å². The minimum atomic E-state index is -0.200. The zero-order chi connectivity index (χ0) is 23.9. The number of rotatable bonds is 4. The quantitative estimate of drug-likeness (QED) is 0.438. The van der Waals surface area contributed by atoms with E-state index >= 15 is 0 Å². The minimum absolute atomic E-state index is 0.200. The highest BCUT2D eigenvalue weighted by atomic mass is 16.5. The lowest BCUT2D eigenvalue weighted by molar-refractivity contribution is 0.0965. The molecule has 0 saturated carbocycles. The molecule has 0 atom stereocenters. The first-order valence-electron chi connectivity index (χ1n) is 11.4. The summed E-state index contributed by atoms with van der Waals surface area (Å²) in [5.74, 6) is 0.223. The van der Waals surface area contributed by atoms with E-state index in [0.29, 0.717) is 39.0 Å². The van der Waals surface area contributed by atoms with Crippen molar-refractivity contribution < 1.29 is 9.53 Å². The number of carbonyl (C=O) groups excluding carboxylic acids is 1. The number of hydrogen-bond acceptors (Lipinski definition) is 7. The number of carbonyl (C=O) groups is 1. The van der Waals surface area contributed by atoms with Crippen LogP contribution in [-0.2, 0) is 6.61 Å². The highest BCUT2D eigenvalue weighted by molar-refractivity contribution is 6.14. The Bertz CT molecular complexity index is 1570. The molecule has 35 heavy (non-hydrogen) atoms. The number of nitrogens with zero attached hydrogens (tertiary/aromatic N) is 5. The van der Waals surface area contributed by atoms with Gasteiger partial charge in [-0.3, -0.25) is 9.36 Å². The molecule has 8 heteroatoms.